The van der Waals surface area contributed by atoms with E-state index < -0.39 is 13.0 Å². The third kappa shape index (κ3) is 3.94. The topological polar surface area (TPSA) is 39.2 Å². The van der Waals surface area contributed by atoms with Crippen LogP contribution in [0.1, 0.15) is 16.1 Å². The molecule has 6 heteroatoms. The SMILES string of the molecule is O=C(CBr)c1cccnc1COCC(F)F. The van der Waals surface area contributed by atoms with Gasteiger partial charge in [-0.2, -0.15) is 0 Å². The van der Waals surface area contributed by atoms with Gasteiger partial charge in [-0.15, -0.1) is 0 Å². The minimum absolute atomic E-state index is 0.0841. The zero-order valence-corrected chi connectivity index (χ0v) is 9.91. The van der Waals surface area contributed by atoms with E-state index in [1.165, 1.54) is 6.20 Å². The fourth-order valence-electron chi connectivity index (χ4n) is 1.12. The van der Waals surface area contributed by atoms with Gasteiger partial charge in [0.2, 0.25) is 0 Å². The predicted molar refractivity (Wildman–Crippen MR) is 58.0 cm³/mol. The summed E-state index contributed by atoms with van der Waals surface area (Å²) >= 11 is 3.04. The second kappa shape index (κ2) is 6.65. The van der Waals surface area contributed by atoms with Crippen molar-refractivity contribution in [3.8, 4) is 0 Å². The minimum Gasteiger partial charge on any atom is -0.369 e. The van der Waals surface area contributed by atoms with E-state index in [0.29, 0.717) is 11.3 Å². The predicted octanol–water partition coefficient (Wildman–Crippen LogP) is 2.44. The number of nitrogens with zero attached hydrogens (tertiary/aromatic N) is 1. The molecular formula is C10H10BrF2NO2. The average molecular weight is 294 g/mol. The van der Waals surface area contributed by atoms with Crippen LogP contribution in [-0.2, 0) is 11.3 Å². The van der Waals surface area contributed by atoms with Crippen LogP contribution in [0.15, 0.2) is 18.3 Å². The number of carbonyl (C=O) groups excluding carboxylic acids is 1. The van der Waals surface area contributed by atoms with Crippen molar-refractivity contribution in [1.29, 1.82) is 0 Å². The summed E-state index contributed by atoms with van der Waals surface area (Å²) in [5, 5.41) is 0.167. The second-order valence-electron chi connectivity index (χ2n) is 2.96. The first-order valence-electron chi connectivity index (χ1n) is 4.54. The van der Waals surface area contributed by atoms with E-state index in [0.717, 1.165) is 0 Å². The summed E-state index contributed by atoms with van der Waals surface area (Å²) < 4.78 is 28.4. The van der Waals surface area contributed by atoms with Crippen LogP contribution in [0.2, 0.25) is 0 Å². The Hall–Kier alpha value is -0.880. The maximum absolute atomic E-state index is 11.8. The molecule has 0 saturated carbocycles. The zero-order chi connectivity index (χ0) is 12.0. The molecular weight excluding hydrogens is 284 g/mol. The number of alkyl halides is 3. The lowest BCUT2D eigenvalue weighted by molar-refractivity contribution is 0.00867. The number of hydrogen-bond acceptors (Lipinski definition) is 3. The number of rotatable bonds is 6. The fraction of sp³-hybridized carbons (Fsp3) is 0.400. The number of carbonyl (C=O) groups is 1. The van der Waals surface area contributed by atoms with E-state index in [1.54, 1.807) is 12.1 Å². The Kier molecular flexibility index (Phi) is 5.48. The van der Waals surface area contributed by atoms with Gasteiger partial charge >= 0.3 is 0 Å². The standard InChI is InChI=1S/C10H10BrF2NO2/c11-4-9(15)7-2-1-3-14-8(7)5-16-6-10(12)13/h1-3,10H,4-6H2. The first-order chi connectivity index (χ1) is 7.65. The summed E-state index contributed by atoms with van der Waals surface area (Å²) in [5.41, 5.74) is 0.779. The molecule has 0 amide bonds. The van der Waals surface area contributed by atoms with Crippen LogP contribution < -0.4 is 0 Å². The van der Waals surface area contributed by atoms with E-state index in [-0.39, 0.29) is 17.7 Å². The monoisotopic (exact) mass is 293 g/mol. The highest BCUT2D eigenvalue weighted by atomic mass is 79.9. The number of hydrogen-bond donors (Lipinski definition) is 0. The smallest absolute Gasteiger partial charge is 0.261 e. The van der Waals surface area contributed by atoms with Crippen molar-refractivity contribution >= 4 is 21.7 Å². The molecule has 0 N–H and O–H groups in total. The first kappa shape index (κ1) is 13.2. The molecule has 0 atom stereocenters. The van der Waals surface area contributed by atoms with E-state index in [1.807, 2.05) is 0 Å². The highest BCUT2D eigenvalue weighted by Gasteiger charge is 2.11. The molecule has 1 aromatic heterocycles. The lowest BCUT2D eigenvalue weighted by Crippen LogP contribution is -2.10. The molecule has 0 saturated heterocycles. The lowest BCUT2D eigenvalue weighted by Gasteiger charge is -2.06. The maximum Gasteiger partial charge on any atom is 0.261 e. The summed E-state index contributed by atoms with van der Waals surface area (Å²) in [6.07, 6.45) is -1.02. The van der Waals surface area contributed by atoms with Crippen molar-refractivity contribution in [2.75, 3.05) is 11.9 Å². The highest BCUT2D eigenvalue weighted by molar-refractivity contribution is 9.09. The lowest BCUT2D eigenvalue weighted by atomic mass is 10.1. The molecule has 0 fully saturated rings. The molecule has 3 nitrogen and oxygen atoms in total. The zero-order valence-electron chi connectivity index (χ0n) is 8.33. The van der Waals surface area contributed by atoms with Gasteiger partial charge in [-0.25, -0.2) is 8.78 Å². The van der Waals surface area contributed by atoms with Gasteiger partial charge in [-0.1, -0.05) is 15.9 Å². The van der Waals surface area contributed by atoms with E-state index >= 15 is 0 Å². The van der Waals surface area contributed by atoms with Gasteiger partial charge in [0, 0.05) is 11.8 Å². The molecule has 0 unspecified atom stereocenters. The van der Waals surface area contributed by atoms with Gasteiger partial charge in [0.25, 0.3) is 6.43 Å². The highest BCUT2D eigenvalue weighted by Crippen LogP contribution is 2.09. The van der Waals surface area contributed by atoms with Crippen molar-refractivity contribution in [2.24, 2.45) is 0 Å². The van der Waals surface area contributed by atoms with Gasteiger partial charge < -0.3 is 4.74 Å². The summed E-state index contributed by atoms with van der Waals surface area (Å²) in [6, 6.07) is 3.21. The molecule has 0 aromatic carbocycles. The van der Waals surface area contributed by atoms with Gasteiger partial charge in [0.15, 0.2) is 5.78 Å². The minimum atomic E-state index is -2.51. The Morgan fingerprint density at radius 2 is 2.31 bits per heavy atom. The number of ketones is 1. The third-order valence-corrected chi connectivity index (χ3v) is 2.30. The van der Waals surface area contributed by atoms with E-state index in [4.69, 9.17) is 4.74 Å². The molecule has 0 bridgehead atoms. The molecule has 1 aromatic rings. The fourth-order valence-corrected chi connectivity index (χ4v) is 1.43. The van der Waals surface area contributed by atoms with Crippen molar-refractivity contribution in [2.45, 2.75) is 13.0 Å². The molecule has 0 aliphatic rings. The van der Waals surface area contributed by atoms with Crippen molar-refractivity contribution in [3.63, 3.8) is 0 Å². The van der Waals surface area contributed by atoms with Gasteiger partial charge in [0.1, 0.15) is 6.61 Å². The largest absolute Gasteiger partial charge is 0.369 e. The Morgan fingerprint density at radius 1 is 1.56 bits per heavy atom. The van der Waals surface area contributed by atoms with Crippen molar-refractivity contribution in [1.82, 2.24) is 4.98 Å². The van der Waals surface area contributed by atoms with E-state index in [2.05, 4.69) is 20.9 Å². The second-order valence-corrected chi connectivity index (χ2v) is 3.52. The Bertz CT molecular complexity index is 360. The van der Waals surface area contributed by atoms with Crippen LogP contribution in [0.25, 0.3) is 0 Å². The molecule has 1 heterocycles. The number of Topliss-reactive ketones (excluding diaryl/α,β-unsaturated/α-hetero) is 1. The van der Waals surface area contributed by atoms with Crippen LogP contribution in [0.4, 0.5) is 8.78 Å². The molecule has 0 aliphatic carbocycles. The summed E-state index contributed by atoms with van der Waals surface area (Å²) in [4.78, 5) is 15.4. The number of ether oxygens (including phenoxy) is 1. The molecule has 0 radical (unpaired) electrons. The summed E-state index contributed by atoms with van der Waals surface area (Å²) in [6.45, 7) is -0.738. The molecule has 1 rings (SSSR count). The first-order valence-corrected chi connectivity index (χ1v) is 5.66. The average Bonchev–Trinajstić information content (AvgIpc) is 2.28. The normalized spacial score (nSPS) is 10.8. The quantitative estimate of drug-likeness (QED) is 0.597. The molecule has 0 aliphatic heterocycles. The van der Waals surface area contributed by atoms with Gasteiger partial charge in [0.05, 0.1) is 17.6 Å². The maximum atomic E-state index is 11.8. The van der Waals surface area contributed by atoms with Crippen LogP contribution in [0, 0.1) is 0 Å². The number of halogens is 3. The van der Waals surface area contributed by atoms with Crippen LogP contribution in [-0.4, -0.2) is 29.1 Å². The molecule has 88 valence electrons. The van der Waals surface area contributed by atoms with Crippen molar-refractivity contribution in [3.05, 3.63) is 29.6 Å². The number of pyridine rings is 1. The van der Waals surface area contributed by atoms with Crippen LogP contribution in [0.5, 0.6) is 0 Å². The van der Waals surface area contributed by atoms with Crippen LogP contribution >= 0.6 is 15.9 Å². The Labute approximate surface area is 99.9 Å². The summed E-state index contributed by atoms with van der Waals surface area (Å²) in [7, 11) is 0. The van der Waals surface area contributed by atoms with Crippen molar-refractivity contribution < 1.29 is 18.3 Å². The molecule has 16 heavy (non-hydrogen) atoms. The van der Waals surface area contributed by atoms with Gasteiger partial charge in [-0.3, -0.25) is 9.78 Å². The van der Waals surface area contributed by atoms with E-state index in [9.17, 15) is 13.6 Å². The summed E-state index contributed by atoms with van der Waals surface area (Å²) in [5.74, 6) is -0.149. The Morgan fingerprint density at radius 3 is 2.94 bits per heavy atom. The number of aromatic nitrogens is 1. The van der Waals surface area contributed by atoms with Crippen LogP contribution in [0.3, 0.4) is 0 Å². The Balaban J connectivity index is 2.67. The van der Waals surface area contributed by atoms with Gasteiger partial charge in [-0.05, 0) is 12.1 Å². The molecule has 0 spiro atoms. The third-order valence-electron chi connectivity index (χ3n) is 1.79.